The van der Waals surface area contributed by atoms with Crippen molar-refractivity contribution in [1.29, 1.82) is 0 Å². The second-order valence-electron chi connectivity index (χ2n) is 4.67. The first kappa shape index (κ1) is 17.3. The highest BCUT2D eigenvalue weighted by Crippen LogP contribution is 2.21. The molecule has 0 unspecified atom stereocenters. The molecule has 126 valence electrons. The molecular formula is C15H11F3N2O4. The van der Waals surface area contributed by atoms with Gasteiger partial charge in [0.25, 0.3) is 5.69 Å². The molecule has 6 nitrogen and oxygen atoms in total. The Hall–Kier alpha value is -3.10. The van der Waals surface area contributed by atoms with Crippen molar-refractivity contribution >= 4 is 17.3 Å². The van der Waals surface area contributed by atoms with Gasteiger partial charge in [0.1, 0.15) is 11.6 Å². The summed E-state index contributed by atoms with van der Waals surface area (Å²) in [5.41, 5.74) is -0.202. The number of halogens is 3. The average molecular weight is 340 g/mol. The van der Waals surface area contributed by atoms with E-state index in [-0.39, 0.29) is 23.5 Å². The number of rotatable bonds is 6. The minimum absolute atomic E-state index is 0.0566. The van der Waals surface area contributed by atoms with Crippen LogP contribution in [0, 0.1) is 15.9 Å². The summed E-state index contributed by atoms with van der Waals surface area (Å²) in [5, 5.41) is 12.9. The molecule has 0 saturated carbocycles. The van der Waals surface area contributed by atoms with Crippen molar-refractivity contribution in [1.82, 2.24) is 0 Å². The second-order valence-corrected chi connectivity index (χ2v) is 4.67. The van der Waals surface area contributed by atoms with Crippen molar-refractivity contribution in [3.8, 4) is 5.75 Å². The molecule has 0 fully saturated rings. The molecule has 0 radical (unpaired) electrons. The second kappa shape index (κ2) is 7.44. The predicted octanol–water partition coefficient (Wildman–Crippen LogP) is 3.52. The molecule has 0 spiro atoms. The fourth-order valence-corrected chi connectivity index (χ4v) is 1.89. The largest absolute Gasteiger partial charge is 0.435 e. The van der Waals surface area contributed by atoms with Gasteiger partial charge >= 0.3 is 6.61 Å². The highest BCUT2D eigenvalue weighted by atomic mass is 19.3. The standard InChI is InChI=1S/C15H11F3N2O4/c16-12-6-3-10(20(22)23)8-13(12)19-14(21)7-9-1-4-11(5-2-9)24-15(17)18/h1-6,8,15H,7H2,(H,19,21). The number of non-ortho nitro benzene ring substituents is 1. The molecule has 0 saturated heterocycles. The number of alkyl halides is 2. The van der Waals surface area contributed by atoms with Gasteiger partial charge in [0.2, 0.25) is 5.91 Å². The van der Waals surface area contributed by atoms with E-state index in [1.165, 1.54) is 24.3 Å². The third kappa shape index (κ3) is 4.70. The van der Waals surface area contributed by atoms with Crippen molar-refractivity contribution in [3.05, 3.63) is 64.0 Å². The molecule has 24 heavy (non-hydrogen) atoms. The summed E-state index contributed by atoms with van der Waals surface area (Å²) in [5.74, 6) is -1.48. The van der Waals surface area contributed by atoms with Crippen LogP contribution < -0.4 is 10.1 Å². The van der Waals surface area contributed by atoms with Crippen LogP contribution in [0.5, 0.6) is 5.75 Å². The van der Waals surface area contributed by atoms with E-state index in [1.807, 2.05) is 0 Å². The number of carbonyl (C=O) groups excluding carboxylic acids is 1. The molecule has 0 heterocycles. The van der Waals surface area contributed by atoms with Crippen LogP contribution >= 0.6 is 0 Å². The number of nitro groups is 1. The zero-order valence-corrected chi connectivity index (χ0v) is 12.0. The third-order valence-corrected chi connectivity index (χ3v) is 2.95. The molecule has 0 bridgehead atoms. The molecule has 0 atom stereocenters. The summed E-state index contributed by atoms with van der Waals surface area (Å²) >= 11 is 0. The summed E-state index contributed by atoms with van der Waals surface area (Å²) in [6.07, 6.45) is -0.170. The van der Waals surface area contributed by atoms with Gasteiger partial charge in [-0.15, -0.1) is 0 Å². The molecule has 0 aromatic heterocycles. The normalized spacial score (nSPS) is 10.5. The lowest BCUT2D eigenvalue weighted by Gasteiger charge is -2.08. The molecule has 1 amide bonds. The Balaban J connectivity index is 2.03. The van der Waals surface area contributed by atoms with Crippen LogP contribution in [0.3, 0.4) is 0 Å². The molecule has 0 aliphatic rings. The van der Waals surface area contributed by atoms with E-state index in [1.54, 1.807) is 0 Å². The Morgan fingerprint density at radius 3 is 2.46 bits per heavy atom. The summed E-state index contributed by atoms with van der Waals surface area (Å²) in [7, 11) is 0. The Morgan fingerprint density at radius 1 is 1.21 bits per heavy atom. The summed E-state index contributed by atoms with van der Waals surface area (Å²) in [6, 6.07) is 8.11. The van der Waals surface area contributed by atoms with Gasteiger partial charge in [-0.3, -0.25) is 14.9 Å². The first-order valence-electron chi connectivity index (χ1n) is 6.62. The molecule has 2 rings (SSSR count). The van der Waals surface area contributed by atoms with Crippen molar-refractivity contribution in [2.45, 2.75) is 13.0 Å². The van der Waals surface area contributed by atoms with Crippen LogP contribution in [0.25, 0.3) is 0 Å². The Morgan fingerprint density at radius 2 is 1.88 bits per heavy atom. The Kier molecular flexibility index (Phi) is 5.35. The predicted molar refractivity (Wildman–Crippen MR) is 78.5 cm³/mol. The topological polar surface area (TPSA) is 81.5 Å². The number of amides is 1. The fourth-order valence-electron chi connectivity index (χ4n) is 1.89. The minimum Gasteiger partial charge on any atom is -0.435 e. The maximum atomic E-state index is 13.6. The van der Waals surface area contributed by atoms with E-state index in [2.05, 4.69) is 10.1 Å². The van der Waals surface area contributed by atoms with Crippen molar-refractivity contribution in [3.63, 3.8) is 0 Å². The van der Waals surface area contributed by atoms with Gasteiger partial charge in [0.15, 0.2) is 0 Å². The summed E-state index contributed by atoms with van der Waals surface area (Å²) in [4.78, 5) is 21.8. The van der Waals surface area contributed by atoms with Crippen LogP contribution in [0.1, 0.15) is 5.56 Å². The third-order valence-electron chi connectivity index (χ3n) is 2.95. The van der Waals surface area contributed by atoms with Crippen LogP contribution in [0.2, 0.25) is 0 Å². The Labute approximate surface area is 134 Å². The number of nitrogens with one attached hydrogen (secondary N) is 1. The zero-order valence-electron chi connectivity index (χ0n) is 12.0. The van der Waals surface area contributed by atoms with E-state index < -0.39 is 23.3 Å². The molecule has 2 aromatic carbocycles. The highest BCUT2D eigenvalue weighted by molar-refractivity contribution is 5.92. The minimum atomic E-state index is -2.95. The number of anilines is 1. The molecule has 2 aromatic rings. The number of carbonyl (C=O) groups is 1. The fraction of sp³-hybridized carbons (Fsp3) is 0.133. The van der Waals surface area contributed by atoms with E-state index >= 15 is 0 Å². The molecule has 1 N–H and O–H groups in total. The van der Waals surface area contributed by atoms with E-state index in [0.29, 0.717) is 5.56 Å². The lowest BCUT2D eigenvalue weighted by atomic mass is 10.1. The van der Waals surface area contributed by atoms with Gasteiger partial charge in [0.05, 0.1) is 17.0 Å². The van der Waals surface area contributed by atoms with Gasteiger partial charge < -0.3 is 10.1 Å². The summed E-state index contributed by atoms with van der Waals surface area (Å²) < 4.78 is 41.8. The number of nitrogens with zero attached hydrogens (tertiary/aromatic N) is 1. The molecular weight excluding hydrogens is 329 g/mol. The van der Waals surface area contributed by atoms with E-state index in [9.17, 15) is 28.1 Å². The van der Waals surface area contributed by atoms with Gasteiger partial charge in [-0.2, -0.15) is 8.78 Å². The lowest BCUT2D eigenvalue weighted by Crippen LogP contribution is -2.15. The quantitative estimate of drug-likeness (QED) is 0.644. The maximum Gasteiger partial charge on any atom is 0.387 e. The maximum absolute atomic E-state index is 13.6. The van der Waals surface area contributed by atoms with E-state index in [4.69, 9.17) is 0 Å². The van der Waals surface area contributed by atoms with Crippen LogP contribution in [-0.4, -0.2) is 17.4 Å². The van der Waals surface area contributed by atoms with Crippen molar-refractivity contribution < 1.29 is 27.6 Å². The van der Waals surface area contributed by atoms with Crippen molar-refractivity contribution in [2.75, 3.05) is 5.32 Å². The SMILES string of the molecule is O=C(Cc1ccc(OC(F)F)cc1)Nc1cc([N+](=O)[O-])ccc1F. The van der Waals surface area contributed by atoms with Gasteiger partial charge in [-0.25, -0.2) is 4.39 Å². The van der Waals surface area contributed by atoms with Crippen LogP contribution in [0.15, 0.2) is 42.5 Å². The van der Waals surface area contributed by atoms with Gasteiger partial charge in [-0.05, 0) is 23.8 Å². The first-order valence-corrected chi connectivity index (χ1v) is 6.62. The number of benzene rings is 2. The molecule has 0 aliphatic heterocycles. The monoisotopic (exact) mass is 340 g/mol. The molecule has 9 heteroatoms. The number of hydrogen-bond acceptors (Lipinski definition) is 4. The lowest BCUT2D eigenvalue weighted by molar-refractivity contribution is -0.384. The Bertz CT molecular complexity index is 751. The molecule has 0 aliphatic carbocycles. The van der Waals surface area contributed by atoms with Crippen LogP contribution in [0.4, 0.5) is 24.5 Å². The number of nitro benzene ring substituents is 1. The van der Waals surface area contributed by atoms with Crippen LogP contribution in [-0.2, 0) is 11.2 Å². The first-order chi connectivity index (χ1) is 11.3. The van der Waals surface area contributed by atoms with E-state index in [0.717, 1.165) is 18.2 Å². The highest BCUT2D eigenvalue weighted by Gasteiger charge is 2.13. The summed E-state index contributed by atoms with van der Waals surface area (Å²) in [6.45, 7) is -2.95. The smallest absolute Gasteiger partial charge is 0.387 e. The van der Waals surface area contributed by atoms with Gasteiger partial charge in [-0.1, -0.05) is 12.1 Å². The number of ether oxygens (including phenoxy) is 1. The zero-order chi connectivity index (χ0) is 17.7. The van der Waals surface area contributed by atoms with Crippen molar-refractivity contribution in [2.24, 2.45) is 0 Å². The average Bonchev–Trinajstić information content (AvgIpc) is 2.50. The number of hydrogen-bond donors (Lipinski definition) is 1. The van der Waals surface area contributed by atoms with Gasteiger partial charge in [0, 0.05) is 12.1 Å².